The van der Waals surface area contributed by atoms with Crippen LogP contribution in [0.4, 0.5) is 4.39 Å². The van der Waals surface area contributed by atoms with Crippen molar-refractivity contribution in [1.82, 2.24) is 9.71 Å². The fourth-order valence-electron chi connectivity index (χ4n) is 1.88. The van der Waals surface area contributed by atoms with Gasteiger partial charge in [0.15, 0.2) is 5.82 Å². The summed E-state index contributed by atoms with van der Waals surface area (Å²) in [6, 6.07) is 2.11. The first-order valence-electron chi connectivity index (χ1n) is 5.52. The molecule has 1 aromatic rings. The van der Waals surface area contributed by atoms with Gasteiger partial charge < -0.3 is 0 Å². The number of hydrogen-bond donors (Lipinski definition) is 1. The lowest BCUT2D eigenvalue weighted by Crippen LogP contribution is -2.59. The third-order valence-corrected chi connectivity index (χ3v) is 5.57. The molecule has 0 radical (unpaired) electrons. The second kappa shape index (κ2) is 4.43. The lowest BCUT2D eigenvalue weighted by Gasteiger charge is -2.48. The van der Waals surface area contributed by atoms with E-state index in [1.54, 1.807) is 0 Å². The van der Waals surface area contributed by atoms with Crippen LogP contribution in [0.5, 0.6) is 0 Å². The quantitative estimate of drug-likeness (QED) is 0.866. The predicted octanol–water partition coefficient (Wildman–Crippen LogP) is 1.90. The summed E-state index contributed by atoms with van der Waals surface area (Å²) in [6.07, 6.45) is 1.77. The molecular formula is C11H14ClFN2O2S. The maximum absolute atomic E-state index is 13.4. The second-order valence-corrected chi connectivity index (χ2v) is 7.14. The van der Waals surface area contributed by atoms with Crippen molar-refractivity contribution in [2.24, 2.45) is 5.41 Å². The highest BCUT2D eigenvalue weighted by Gasteiger charge is 2.49. The highest BCUT2D eigenvalue weighted by molar-refractivity contribution is 7.89. The molecule has 1 fully saturated rings. The molecule has 0 aliphatic heterocycles. The van der Waals surface area contributed by atoms with Crippen molar-refractivity contribution in [1.29, 1.82) is 0 Å². The summed E-state index contributed by atoms with van der Waals surface area (Å²) >= 11 is 6.02. The lowest BCUT2D eigenvalue weighted by molar-refractivity contribution is 0.137. The molecule has 1 aliphatic carbocycles. The number of nitrogens with one attached hydrogen (secondary N) is 1. The Bertz CT molecular complexity index is 562. The largest absolute Gasteiger partial charge is 0.261 e. The van der Waals surface area contributed by atoms with Crippen molar-refractivity contribution in [2.75, 3.05) is 0 Å². The van der Waals surface area contributed by atoms with Crippen LogP contribution in [0.1, 0.15) is 20.3 Å². The van der Waals surface area contributed by atoms with Crippen molar-refractivity contribution >= 4 is 21.6 Å². The Morgan fingerprint density at radius 2 is 2.22 bits per heavy atom. The number of aromatic nitrogens is 1. The summed E-state index contributed by atoms with van der Waals surface area (Å²) in [5, 5.41) is -0.655. The fourth-order valence-corrected chi connectivity index (χ4v) is 3.63. The molecule has 2 atom stereocenters. The van der Waals surface area contributed by atoms with Gasteiger partial charge in [-0.25, -0.2) is 22.5 Å². The zero-order valence-electron chi connectivity index (χ0n) is 10.0. The summed E-state index contributed by atoms with van der Waals surface area (Å²) < 4.78 is 39.9. The van der Waals surface area contributed by atoms with Crippen molar-refractivity contribution in [3.05, 3.63) is 24.1 Å². The monoisotopic (exact) mass is 292 g/mol. The molecule has 18 heavy (non-hydrogen) atoms. The molecule has 4 nitrogen and oxygen atoms in total. The van der Waals surface area contributed by atoms with E-state index in [-0.39, 0.29) is 16.8 Å². The predicted molar refractivity (Wildman–Crippen MR) is 66.3 cm³/mol. The van der Waals surface area contributed by atoms with E-state index in [2.05, 4.69) is 9.71 Å². The minimum Gasteiger partial charge on any atom is -0.241 e. The van der Waals surface area contributed by atoms with Gasteiger partial charge in [0.05, 0.1) is 0 Å². The van der Waals surface area contributed by atoms with Gasteiger partial charge in [-0.15, -0.1) is 11.6 Å². The van der Waals surface area contributed by atoms with Crippen molar-refractivity contribution in [3.8, 4) is 0 Å². The number of alkyl halides is 1. The standard InChI is InChI=1S/C11H14ClFN2O2S/c1-11(2)8(12)6-9(11)15-18(16,17)10-7(13)4-3-5-14-10/h3-5,8-9,15H,6H2,1-2H3. The molecule has 0 spiro atoms. The Hall–Kier alpha value is -0.720. The number of pyridine rings is 1. The van der Waals surface area contributed by atoms with Crippen molar-refractivity contribution < 1.29 is 12.8 Å². The Balaban J connectivity index is 2.22. The van der Waals surface area contributed by atoms with Gasteiger partial charge in [-0.2, -0.15) is 0 Å². The van der Waals surface area contributed by atoms with Crippen LogP contribution in [0.2, 0.25) is 0 Å². The van der Waals surface area contributed by atoms with Crippen LogP contribution >= 0.6 is 11.6 Å². The van der Waals surface area contributed by atoms with Crippen molar-refractivity contribution in [2.45, 2.75) is 36.7 Å². The van der Waals surface area contributed by atoms with E-state index in [1.165, 1.54) is 12.3 Å². The summed E-state index contributed by atoms with van der Waals surface area (Å²) in [5.74, 6) is -0.857. The summed E-state index contributed by atoms with van der Waals surface area (Å²) in [7, 11) is -3.94. The molecule has 0 bridgehead atoms. The van der Waals surface area contributed by atoms with E-state index in [0.29, 0.717) is 6.42 Å². The Labute approximate surface area is 111 Å². The van der Waals surface area contributed by atoms with Crippen LogP contribution in [-0.4, -0.2) is 24.8 Å². The third-order valence-electron chi connectivity index (χ3n) is 3.42. The Kier molecular flexibility index (Phi) is 3.38. The molecule has 2 unspecified atom stereocenters. The van der Waals surface area contributed by atoms with Gasteiger partial charge in [0, 0.05) is 17.6 Å². The Morgan fingerprint density at radius 1 is 1.56 bits per heavy atom. The molecule has 1 saturated carbocycles. The topological polar surface area (TPSA) is 59.1 Å². The lowest BCUT2D eigenvalue weighted by atomic mass is 9.67. The molecule has 2 rings (SSSR count). The van der Waals surface area contributed by atoms with E-state index in [4.69, 9.17) is 11.6 Å². The molecule has 0 saturated heterocycles. The van der Waals surface area contributed by atoms with Crippen LogP contribution < -0.4 is 4.72 Å². The number of hydrogen-bond acceptors (Lipinski definition) is 3. The molecule has 1 N–H and O–H groups in total. The molecule has 1 heterocycles. The van der Waals surface area contributed by atoms with Gasteiger partial charge >= 0.3 is 0 Å². The first-order chi connectivity index (χ1) is 8.25. The van der Waals surface area contributed by atoms with Crippen LogP contribution in [0, 0.1) is 11.2 Å². The van der Waals surface area contributed by atoms with Crippen LogP contribution in [0.15, 0.2) is 23.4 Å². The highest BCUT2D eigenvalue weighted by atomic mass is 35.5. The first kappa shape index (κ1) is 13.7. The van der Waals surface area contributed by atoms with Crippen LogP contribution in [0.3, 0.4) is 0 Å². The molecule has 0 amide bonds. The van der Waals surface area contributed by atoms with E-state index in [1.807, 2.05) is 13.8 Å². The molecule has 1 aliphatic rings. The normalized spacial score (nSPS) is 26.7. The van der Waals surface area contributed by atoms with E-state index >= 15 is 0 Å². The first-order valence-corrected chi connectivity index (χ1v) is 7.44. The zero-order valence-corrected chi connectivity index (χ0v) is 11.6. The smallest absolute Gasteiger partial charge is 0.241 e. The molecule has 1 aromatic heterocycles. The maximum Gasteiger partial charge on any atom is 0.261 e. The number of rotatable bonds is 3. The molecule has 7 heteroatoms. The van der Waals surface area contributed by atoms with Crippen LogP contribution in [-0.2, 0) is 10.0 Å². The maximum atomic E-state index is 13.4. The van der Waals surface area contributed by atoms with Gasteiger partial charge in [0.1, 0.15) is 0 Å². The average molecular weight is 293 g/mol. The average Bonchev–Trinajstić information content (AvgIpc) is 2.29. The van der Waals surface area contributed by atoms with E-state index in [9.17, 15) is 12.8 Å². The zero-order chi connectivity index (χ0) is 13.6. The summed E-state index contributed by atoms with van der Waals surface area (Å²) in [5.41, 5.74) is -0.347. The van der Waals surface area contributed by atoms with Crippen molar-refractivity contribution in [3.63, 3.8) is 0 Å². The van der Waals surface area contributed by atoms with Gasteiger partial charge in [0.25, 0.3) is 10.0 Å². The SMILES string of the molecule is CC1(C)C(Cl)CC1NS(=O)(=O)c1ncccc1F. The number of halogens is 2. The molecular weight excluding hydrogens is 279 g/mol. The minimum atomic E-state index is -3.94. The Morgan fingerprint density at radius 3 is 2.72 bits per heavy atom. The van der Waals surface area contributed by atoms with Gasteiger partial charge in [-0.1, -0.05) is 13.8 Å². The second-order valence-electron chi connectivity index (χ2n) is 4.99. The van der Waals surface area contributed by atoms with Gasteiger partial charge in [0.2, 0.25) is 5.03 Å². The van der Waals surface area contributed by atoms with Gasteiger partial charge in [-0.05, 0) is 24.0 Å². The highest BCUT2D eigenvalue weighted by Crippen LogP contribution is 2.44. The summed E-state index contributed by atoms with van der Waals surface area (Å²) in [4.78, 5) is 3.57. The summed E-state index contributed by atoms with van der Waals surface area (Å²) in [6.45, 7) is 3.74. The van der Waals surface area contributed by atoms with Crippen LogP contribution in [0.25, 0.3) is 0 Å². The third kappa shape index (κ3) is 2.24. The van der Waals surface area contributed by atoms with E-state index < -0.39 is 20.9 Å². The van der Waals surface area contributed by atoms with E-state index in [0.717, 1.165) is 6.07 Å². The number of nitrogens with zero attached hydrogens (tertiary/aromatic N) is 1. The molecule has 0 aromatic carbocycles. The van der Waals surface area contributed by atoms with Gasteiger partial charge in [-0.3, -0.25) is 0 Å². The fraction of sp³-hybridized carbons (Fsp3) is 0.545. The number of sulfonamides is 1. The minimum absolute atomic E-state index is 0.0845. The molecule has 100 valence electrons.